The Hall–Kier alpha value is -1.28. The zero-order valence-corrected chi connectivity index (χ0v) is 15.0. The van der Waals surface area contributed by atoms with Gasteiger partial charge in [0.2, 0.25) is 0 Å². The molecule has 4 heterocycles. The molecule has 2 aliphatic heterocycles. The molecule has 0 N–H and O–H groups in total. The Balaban J connectivity index is 1.26. The number of thiazole rings is 1. The third-order valence-corrected chi connectivity index (χ3v) is 5.70. The molecule has 0 saturated carbocycles. The highest BCUT2D eigenvalue weighted by molar-refractivity contribution is 7.09. The number of likely N-dealkylation sites (tertiary alicyclic amines) is 1. The van der Waals surface area contributed by atoms with Gasteiger partial charge in [0.15, 0.2) is 0 Å². The molecule has 0 amide bonds. The van der Waals surface area contributed by atoms with Crippen LogP contribution in [0.5, 0.6) is 0 Å². The molecule has 130 valence electrons. The fraction of sp³-hybridized carbons (Fsp3) is 0.647. The minimum atomic E-state index is -0.0310. The monoisotopic (exact) mass is 349 g/mol. The minimum Gasteiger partial charge on any atom is -0.375 e. The number of aryl methyl sites for hydroxylation is 2. The van der Waals surface area contributed by atoms with E-state index in [4.69, 9.17) is 14.0 Å². The molecular formula is C17H23N3O3S. The molecule has 0 unspecified atom stereocenters. The molecule has 0 bridgehead atoms. The van der Waals surface area contributed by atoms with Crippen molar-refractivity contribution in [2.24, 2.45) is 5.92 Å². The third kappa shape index (κ3) is 3.26. The van der Waals surface area contributed by atoms with E-state index >= 15 is 0 Å². The standard InChI is InChI=1S/C17H23N3O3S/c1-12-5-15(19-23-12)6-20-10-17(11-20)14(3-4-22-17)7-21-8-16-9-24-13(2)18-16/h5,9,14H,3-4,6-8,10-11H2,1-2H3/t14-/m1/s1. The van der Waals surface area contributed by atoms with Crippen LogP contribution in [0.15, 0.2) is 16.0 Å². The van der Waals surface area contributed by atoms with Gasteiger partial charge in [-0.3, -0.25) is 4.90 Å². The smallest absolute Gasteiger partial charge is 0.133 e. The van der Waals surface area contributed by atoms with Gasteiger partial charge in [-0.1, -0.05) is 5.16 Å². The summed E-state index contributed by atoms with van der Waals surface area (Å²) in [5.74, 6) is 1.33. The van der Waals surface area contributed by atoms with Gasteiger partial charge in [-0.25, -0.2) is 4.98 Å². The summed E-state index contributed by atoms with van der Waals surface area (Å²) in [6.45, 7) is 8.84. The number of hydrogen-bond donors (Lipinski definition) is 0. The second-order valence-corrected chi connectivity index (χ2v) is 7.91. The number of aromatic nitrogens is 2. The van der Waals surface area contributed by atoms with Crippen LogP contribution in [0.2, 0.25) is 0 Å². The van der Waals surface area contributed by atoms with Crippen LogP contribution in [-0.2, 0) is 22.6 Å². The maximum Gasteiger partial charge on any atom is 0.133 e. The molecule has 0 radical (unpaired) electrons. The summed E-state index contributed by atoms with van der Waals surface area (Å²) in [7, 11) is 0. The summed E-state index contributed by atoms with van der Waals surface area (Å²) < 4.78 is 17.1. The Labute approximate surface area is 145 Å². The quantitative estimate of drug-likeness (QED) is 0.799. The SMILES string of the molecule is Cc1cc(CN2CC3(C2)OCC[C@@H]3COCc2csc(C)n2)no1. The van der Waals surface area contributed by atoms with Gasteiger partial charge in [-0.05, 0) is 20.3 Å². The molecule has 0 aliphatic carbocycles. The van der Waals surface area contributed by atoms with Crippen molar-refractivity contribution in [3.8, 4) is 0 Å². The van der Waals surface area contributed by atoms with Gasteiger partial charge in [0, 0.05) is 43.6 Å². The highest BCUT2D eigenvalue weighted by Gasteiger charge is 2.52. The molecular weight excluding hydrogens is 326 g/mol. The molecule has 2 saturated heterocycles. The molecule has 4 rings (SSSR count). The van der Waals surface area contributed by atoms with E-state index in [1.807, 2.05) is 19.9 Å². The van der Waals surface area contributed by atoms with Crippen molar-refractivity contribution in [3.63, 3.8) is 0 Å². The van der Waals surface area contributed by atoms with Gasteiger partial charge in [0.25, 0.3) is 0 Å². The Kier molecular flexibility index (Phi) is 4.42. The van der Waals surface area contributed by atoms with Crippen LogP contribution in [-0.4, -0.2) is 46.9 Å². The van der Waals surface area contributed by atoms with Gasteiger partial charge in [0.05, 0.1) is 35.2 Å². The molecule has 2 aromatic rings. The number of hydrogen-bond acceptors (Lipinski definition) is 7. The Morgan fingerprint density at radius 3 is 2.96 bits per heavy atom. The minimum absolute atomic E-state index is 0.0310. The van der Waals surface area contributed by atoms with Crippen molar-refractivity contribution in [1.29, 1.82) is 0 Å². The van der Waals surface area contributed by atoms with E-state index in [0.717, 1.165) is 61.4 Å². The maximum atomic E-state index is 6.09. The number of nitrogens with zero attached hydrogens (tertiary/aromatic N) is 3. The van der Waals surface area contributed by atoms with Crippen LogP contribution in [0.3, 0.4) is 0 Å². The zero-order chi connectivity index (χ0) is 16.6. The predicted molar refractivity (Wildman–Crippen MR) is 89.8 cm³/mol. The third-order valence-electron chi connectivity index (χ3n) is 4.88. The average molecular weight is 349 g/mol. The molecule has 2 fully saturated rings. The van der Waals surface area contributed by atoms with Gasteiger partial charge < -0.3 is 14.0 Å². The Morgan fingerprint density at radius 1 is 1.38 bits per heavy atom. The van der Waals surface area contributed by atoms with Gasteiger partial charge >= 0.3 is 0 Å². The molecule has 0 aromatic carbocycles. The van der Waals surface area contributed by atoms with Crippen molar-refractivity contribution in [2.75, 3.05) is 26.3 Å². The molecule has 7 heteroatoms. The summed E-state index contributed by atoms with van der Waals surface area (Å²) in [5.41, 5.74) is 1.99. The van der Waals surface area contributed by atoms with Crippen molar-refractivity contribution >= 4 is 11.3 Å². The van der Waals surface area contributed by atoms with E-state index in [-0.39, 0.29) is 5.60 Å². The van der Waals surface area contributed by atoms with E-state index in [2.05, 4.69) is 20.4 Å². The lowest BCUT2D eigenvalue weighted by atomic mass is 9.81. The Morgan fingerprint density at radius 2 is 2.25 bits per heavy atom. The molecule has 2 aliphatic rings. The molecule has 24 heavy (non-hydrogen) atoms. The topological polar surface area (TPSA) is 60.6 Å². The summed E-state index contributed by atoms with van der Waals surface area (Å²) >= 11 is 1.67. The maximum absolute atomic E-state index is 6.09. The van der Waals surface area contributed by atoms with Gasteiger partial charge in [-0.2, -0.15) is 0 Å². The number of rotatable bonds is 6. The lowest BCUT2D eigenvalue weighted by Crippen LogP contribution is -2.64. The zero-order valence-electron chi connectivity index (χ0n) is 14.2. The lowest BCUT2D eigenvalue weighted by molar-refractivity contribution is -0.147. The molecule has 2 aromatic heterocycles. The van der Waals surface area contributed by atoms with Crippen LogP contribution >= 0.6 is 11.3 Å². The first kappa shape index (κ1) is 16.2. The second-order valence-electron chi connectivity index (χ2n) is 6.85. The van der Waals surface area contributed by atoms with E-state index < -0.39 is 0 Å². The fourth-order valence-corrected chi connectivity index (χ4v) is 4.29. The average Bonchev–Trinajstić information content (AvgIpc) is 3.21. The number of ether oxygens (including phenoxy) is 2. The molecule has 1 atom stereocenters. The summed E-state index contributed by atoms with van der Waals surface area (Å²) in [6, 6.07) is 2.00. The largest absolute Gasteiger partial charge is 0.375 e. The van der Waals surface area contributed by atoms with Crippen LogP contribution in [0.25, 0.3) is 0 Å². The highest BCUT2D eigenvalue weighted by atomic mass is 32.1. The second kappa shape index (κ2) is 6.55. The van der Waals surface area contributed by atoms with Crippen molar-refractivity contribution < 1.29 is 14.0 Å². The summed E-state index contributed by atoms with van der Waals surface area (Å²) in [5, 5.41) is 7.23. The first-order valence-electron chi connectivity index (χ1n) is 8.40. The van der Waals surface area contributed by atoms with Crippen molar-refractivity contribution in [2.45, 2.75) is 39.0 Å². The van der Waals surface area contributed by atoms with Gasteiger partial charge in [0.1, 0.15) is 5.76 Å². The summed E-state index contributed by atoms with van der Waals surface area (Å²) in [4.78, 5) is 6.80. The Bertz CT molecular complexity index is 693. The first-order chi connectivity index (χ1) is 11.6. The van der Waals surface area contributed by atoms with Crippen LogP contribution < -0.4 is 0 Å². The lowest BCUT2D eigenvalue weighted by Gasteiger charge is -2.50. The van der Waals surface area contributed by atoms with Crippen molar-refractivity contribution in [1.82, 2.24) is 15.0 Å². The highest BCUT2D eigenvalue weighted by Crippen LogP contribution is 2.40. The van der Waals surface area contributed by atoms with Crippen LogP contribution in [0.1, 0.15) is 28.6 Å². The van der Waals surface area contributed by atoms with E-state index in [1.165, 1.54) is 0 Å². The van der Waals surface area contributed by atoms with E-state index in [9.17, 15) is 0 Å². The predicted octanol–water partition coefficient (Wildman–Crippen LogP) is 2.56. The molecule has 1 spiro atoms. The first-order valence-corrected chi connectivity index (χ1v) is 9.28. The van der Waals surface area contributed by atoms with Crippen molar-refractivity contribution in [3.05, 3.63) is 33.6 Å². The van der Waals surface area contributed by atoms with E-state index in [1.54, 1.807) is 11.3 Å². The molecule has 6 nitrogen and oxygen atoms in total. The van der Waals surface area contributed by atoms with Gasteiger partial charge in [-0.15, -0.1) is 11.3 Å². The van der Waals surface area contributed by atoms with Crippen LogP contribution in [0.4, 0.5) is 0 Å². The fourth-order valence-electron chi connectivity index (χ4n) is 3.69. The normalized spacial score (nSPS) is 23.0. The summed E-state index contributed by atoms with van der Waals surface area (Å²) in [6.07, 6.45) is 1.08. The van der Waals surface area contributed by atoms with Crippen LogP contribution in [0, 0.1) is 19.8 Å². The van der Waals surface area contributed by atoms with E-state index in [0.29, 0.717) is 12.5 Å².